The van der Waals surface area contributed by atoms with Gasteiger partial charge in [-0.2, -0.15) is 0 Å². The molecule has 6 heteroatoms. The number of anilines is 1. The molecule has 4 nitrogen and oxygen atoms in total. The summed E-state index contributed by atoms with van der Waals surface area (Å²) in [6, 6.07) is 15.4. The standard InChI is InChI=1S/C20H15NO3S2/c1-13(9-14-5-3-2-4-6-14)10-18-19(22)21(20(25)26-18)15-7-8-16-17(11-15)24-12-23-16/h2-11H,12H2,1H3/b13-9-,18-10+. The van der Waals surface area contributed by atoms with E-state index in [-0.39, 0.29) is 12.7 Å². The first-order chi connectivity index (χ1) is 12.6. The molecule has 0 atom stereocenters. The molecule has 1 saturated heterocycles. The number of ether oxygens (including phenoxy) is 2. The Bertz CT molecular complexity index is 951. The van der Waals surface area contributed by atoms with E-state index in [0.717, 1.165) is 11.1 Å². The van der Waals surface area contributed by atoms with Gasteiger partial charge in [0, 0.05) is 6.07 Å². The molecule has 0 aliphatic carbocycles. The number of hydrogen-bond acceptors (Lipinski definition) is 5. The van der Waals surface area contributed by atoms with E-state index >= 15 is 0 Å². The zero-order valence-corrected chi connectivity index (χ0v) is 15.6. The maximum absolute atomic E-state index is 12.9. The minimum Gasteiger partial charge on any atom is -0.454 e. The number of rotatable bonds is 3. The molecule has 0 radical (unpaired) electrons. The van der Waals surface area contributed by atoms with Crippen molar-refractivity contribution >= 4 is 46.0 Å². The Labute approximate surface area is 161 Å². The molecule has 2 aliphatic rings. The fraction of sp³-hybridized carbons (Fsp3) is 0.100. The number of carbonyl (C=O) groups excluding carboxylic acids is 1. The van der Waals surface area contributed by atoms with Crippen LogP contribution in [0.5, 0.6) is 11.5 Å². The van der Waals surface area contributed by atoms with Gasteiger partial charge in [0.25, 0.3) is 5.91 Å². The molecule has 2 aromatic carbocycles. The molecule has 0 unspecified atom stereocenters. The van der Waals surface area contributed by atoms with Crippen LogP contribution in [0.25, 0.3) is 6.08 Å². The molecule has 2 aromatic rings. The Morgan fingerprint density at radius 2 is 1.92 bits per heavy atom. The predicted octanol–water partition coefficient (Wildman–Crippen LogP) is 4.77. The van der Waals surface area contributed by atoms with E-state index in [4.69, 9.17) is 21.7 Å². The Kier molecular flexibility index (Phi) is 4.53. The van der Waals surface area contributed by atoms with Gasteiger partial charge in [-0.15, -0.1) is 0 Å². The van der Waals surface area contributed by atoms with Crippen LogP contribution in [0.2, 0.25) is 0 Å². The lowest BCUT2D eigenvalue weighted by Gasteiger charge is -2.14. The largest absolute Gasteiger partial charge is 0.454 e. The highest BCUT2D eigenvalue weighted by atomic mass is 32.2. The Morgan fingerprint density at radius 3 is 2.73 bits per heavy atom. The topological polar surface area (TPSA) is 38.8 Å². The first kappa shape index (κ1) is 16.9. The minimum absolute atomic E-state index is 0.125. The van der Waals surface area contributed by atoms with Crippen molar-refractivity contribution in [2.45, 2.75) is 6.92 Å². The van der Waals surface area contributed by atoms with E-state index < -0.39 is 0 Å². The van der Waals surface area contributed by atoms with Gasteiger partial charge in [0.15, 0.2) is 15.8 Å². The molecule has 2 aliphatic heterocycles. The molecule has 0 spiro atoms. The molecule has 0 N–H and O–H groups in total. The molecule has 0 aromatic heterocycles. The van der Waals surface area contributed by atoms with Crippen molar-refractivity contribution in [1.82, 2.24) is 0 Å². The highest BCUT2D eigenvalue weighted by molar-refractivity contribution is 8.27. The van der Waals surface area contributed by atoms with Crippen LogP contribution in [-0.2, 0) is 4.79 Å². The molecule has 1 fully saturated rings. The van der Waals surface area contributed by atoms with Crippen molar-refractivity contribution < 1.29 is 14.3 Å². The van der Waals surface area contributed by atoms with Crippen LogP contribution in [0.3, 0.4) is 0 Å². The average Bonchev–Trinajstić information content (AvgIpc) is 3.19. The van der Waals surface area contributed by atoms with Crippen molar-refractivity contribution in [1.29, 1.82) is 0 Å². The summed E-state index contributed by atoms with van der Waals surface area (Å²) in [4.78, 5) is 15.0. The normalized spacial score (nSPS) is 18.1. The average molecular weight is 381 g/mol. The van der Waals surface area contributed by atoms with E-state index in [1.165, 1.54) is 16.7 Å². The van der Waals surface area contributed by atoms with Crippen LogP contribution >= 0.6 is 24.0 Å². The fourth-order valence-electron chi connectivity index (χ4n) is 2.78. The third-order valence-corrected chi connectivity index (χ3v) is 5.26. The molecule has 130 valence electrons. The summed E-state index contributed by atoms with van der Waals surface area (Å²) in [5, 5.41) is 0. The van der Waals surface area contributed by atoms with Gasteiger partial charge in [-0.3, -0.25) is 9.69 Å². The number of carbonyl (C=O) groups is 1. The number of allylic oxidation sites excluding steroid dienone is 2. The predicted molar refractivity (Wildman–Crippen MR) is 108 cm³/mol. The third kappa shape index (κ3) is 3.25. The van der Waals surface area contributed by atoms with Crippen LogP contribution in [0.1, 0.15) is 12.5 Å². The highest BCUT2D eigenvalue weighted by Crippen LogP contribution is 2.40. The molecule has 2 heterocycles. The van der Waals surface area contributed by atoms with Crippen molar-refractivity contribution in [3.63, 3.8) is 0 Å². The SMILES string of the molecule is CC(=C/c1ccccc1)/C=C1/SC(=S)N(c2ccc3c(c2)OCO3)C1=O. The lowest BCUT2D eigenvalue weighted by Crippen LogP contribution is -2.27. The van der Waals surface area contributed by atoms with Gasteiger partial charge in [-0.25, -0.2) is 0 Å². The van der Waals surface area contributed by atoms with Gasteiger partial charge in [-0.1, -0.05) is 60.4 Å². The quantitative estimate of drug-likeness (QED) is 0.566. The second-order valence-electron chi connectivity index (χ2n) is 5.85. The second-order valence-corrected chi connectivity index (χ2v) is 7.53. The lowest BCUT2D eigenvalue weighted by atomic mass is 10.1. The summed E-state index contributed by atoms with van der Waals surface area (Å²) in [5.41, 5.74) is 2.76. The Hall–Kier alpha value is -2.57. The monoisotopic (exact) mass is 381 g/mol. The summed E-state index contributed by atoms with van der Waals surface area (Å²) < 4.78 is 11.2. The highest BCUT2D eigenvalue weighted by Gasteiger charge is 2.34. The second kappa shape index (κ2) is 6.97. The number of hydrogen-bond donors (Lipinski definition) is 0. The maximum atomic E-state index is 12.9. The third-order valence-electron chi connectivity index (χ3n) is 3.96. The zero-order valence-electron chi connectivity index (χ0n) is 14.0. The van der Waals surface area contributed by atoms with Crippen LogP contribution in [-0.4, -0.2) is 17.0 Å². The number of benzene rings is 2. The van der Waals surface area contributed by atoms with Crippen LogP contribution in [0, 0.1) is 0 Å². The Morgan fingerprint density at radius 1 is 1.15 bits per heavy atom. The molecule has 0 saturated carbocycles. The number of amides is 1. The van der Waals surface area contributed by atoms with Gasteiger partial charge < -0.3 is 9.47 Å². The molecule has 4 rings (SSSR count). The Balaban J connectivity index is 1.60. The molecular weight excluding hydrogens is 366 g/mol. The summed E-state index contributed by atoms with van der Waals surface area (Å²) in [5.74, 6) is 1.18. The first-order valence-corrected chi connectivity index (χ1v) is 9.25. The first-order valence-electron chi connectivity index (χ1n) is 8.03. The van der Waals surface area contributed by atoms with Crippen molar-refractivity contribution in [3.05, 3.63) is 70.6 Å². The smallest absolute Gasteiger partial charge is 0.270 e. The van der Waals surface area contributed by atoms with E-state index in [2.05, 4.69) is 0 Å². The summed E-state index contributed by atoms with van der Waals surface area (Å²) in [7, 11) is 0. The summed E-state index contributed by atoms with van der Waals surface area (Å²) >= 11 is 6.73. The lowest BCUT2D eigenvalue weighted by molar-refractivity contribution is -0.113. The van der Waals surface area contributed by atoms with E-state index in [9.17, 15) is 4.79 Å². The fourth-order valence-corrected chi connectivity index (χ4v) is 4.12. The van der Waals surface area contributed by atoms with Gasteiger partial charge in [-0.05, 0) is 36.3 Å². The van der Waals surface area contributed by atoms with Gasteiger partial charge in [0.2, 0.25) is 6.79 Å². The van der Waals surface area contributed by atoms with E-state index in [1.54, 1.807) is 12.1 Å². The van der Waals surface area contributed by atoms with Crippen molar-refractivity contribution in [3.8, 4) is 11.5 Å². The van der Waals surface area contributed by atoms with E-state index in [1.807, 2.05) is 55.5 Å². The minimum atomic E-state index is -0.125. The maximum Gasteiger partial charge on any atom is 0.270 e. The zero-order chi connectivity index (χ0) is 18.1. The van der Waals surface area contributed by atoms with Crippen molar-refractivity contribution in [2.24, 2.45) is 0 Å². The number of thiocarbonyl (C=S) groups is 1. The molecule has 26 heavy (non-hydrogen) atoms. The van der Waals surface area contributed by atoms with Crippen molar-refractivity contribution in [2.75, 3.05) is 11.7 Å². The summed E-state index contributed by atoms with van der Waals surface area (Å²) in [6.45, 7) is 2.17. The van der Waals surface area contributed by atoms with Gasteiger partial charge in [0.05, 0.1) is 10.6 Å². The molecular formula is C20H15NO3S2. The molecule has 0 bridgehead atoms. The molecule has 1 amide bonds. The number of thioether (sulfide) groups is 1. The van der Waals surface area contributed by atoms with Gasteiger partial charge in [0.1, 0.15) is 0 Å². The van der Waals surface area contributed by atoms with Crippen LogP contribution < -0.4 is 14.4 Å². The number of nitrogens with zero attached hydrogens (tertiary/aromatic N) is 1. The summed E-state index contributed by atoms with van der Waals surface area (Å²) in [6.07, 6.45) is 3.91. The van der Waals surface area contributed by atoms with Crippen LogP contribution in [0.15, 0.2) is 65.1 Å². The van der Waals surface area contributed by atoms with E-state index in [0.29, 0.717) is 26.4 Å². The number of fused-ring (bicyclic) bond motifs is 1. The van der Waals surface area contributed by atoms with Gasteiger partial charge >= 0.3 is 0 Å². The van der Waals surface area contributed by atoms with Crippen LogP contribution in [0.4, 0.5) is 5.69 Å².